The molecule has 0 radical (unpaired) electrons. The van der Waals surface area contributed by atoms with Gasteiger partial charge in [-0.1, -0.05) is 18.2 Å². The zero-order valence-electron chi connectivity index (χ0n) is 16.3. The first-order chi connectivity index (χ1) is 12.3. The second-order valence-corrected chi connectivity index (χ2v) is 9.95. The molecule has 0 spiro atoms. The quantitative estimate of drug-likeness (QED) is 0.465. The van der Waals surface area contributed by atoms with Crippen LogP contribution in [0.25, 0.3) is 0 Å². The Morgan fingerprint density at radius 3 is 2.73 bits per heavy atom. The summed E-state index contributed by atoms with van der Waals surface area (Å²) in [6.45, 7) is 10.6. The van der Waals surface area contributed by atoms with Crippen LogP contribution in [0.2, 0.25) is 0 Å². The number of guanidine groups is 1. The number of ether oxygens (including phenoxy) is 1. The standard InChI is InChI=1S/C19H31N3O3S/c1-5-20-18(22-12-14-26(23,24)19(3,4)15-22)21-11-8-13-25-17-10-7-6-9-16(17)2/h6-7,9-10H,5,8,11-15H2,1-4H3,(H,20,21). The normalized spacial score (nSPS) is 19.2. The van der Waals surface area contributed by atoms with Crippen molar-refractivity contribution in [3.63, 3.8) is 0 Å². The van der Waals surface area contributed by atoms with E-state index in [4.69, 9.17) is 4.74 Å². The summed E-state index contributed by atoms with van der Waals surface area (Å²) in [6, 6.07) is 7.97. The van der Waals surface area contributed by atoms with Crippen LogP contribution in [0.1, 0.15) is 32.8 Å². The smallest absolute Gasteiger partial charge is 0.193 e. The van der Waals surface area contributed by atoms with Crippen LogP contribution in [0.5, 0.6) is 5.75 Å². The van der Waals surface area contributed by atoms with Crippen molar-refractivity contribution in [1.82, 2.24) is 10.2 Å². The molecule has 1 N–H and O–H groups in total. The highest BCUT2D eigenvalue weighted by Crippen LogP contribution is 2.23. The molecule has 1 aromatic carbocycles. The predicted octanol–water partition coefficient (Wildman–Crippen LogP) is 2.24. The third-order valence-corrected chi connectivity index (χ3v) is 7.13. The molecule has 0 amide bonds. The molecule has 1 heterocycles. The Morgan fingerprint density at radius 1 is 1.35 bits per heavy atom. The highest BCUT2D eigenvalue weighted by molar-refractivity contribution is 7.92. The maximum Gasteiger partial charge on any atom is 0.193 e. The summed E-state index contributed by atoms with van der Waals surface area (Å²) in [5, 5.41) is 3.28. The monoisotopic (exact) mass is 381 g/mol. The van der Waals surface area contributed by atoms with Gasteiger partial charge < -0.3 is 15.0 Å². The maximum atomic E-state index is 12.2. The van der Waals surface area contributed by atoms with Gasteiger partial charge in [-0.05, 0) is 39.3 Å². The van der Waals surface area contributed by atoms with Crippen molar-refractivity contribution in [3.05, 3.63) is 29.8 Å². The number of sulfone groups is 1. The highest BCUT2D eigenvalue weighted by atomic mass is 32.2. The zero-order chi connectivity index (χ0) is 19.2. The van der Waals surface area contributed by atoms with E-state index in [1.807, 2.05) is 43.0 Å². The lowest BCUT2D eigenvalue weighted by Crippen LogP contribution is -2.57. The number of aliphatic imine (C=N–C) groups is 1. The minimum atomic E-state index is -3.05. The molecule has 0 unspecified atom stereocenters. The molecule has 0 atom stereocenters. The van der Waals surface area contributed by atoms with E-state index in [1.54, 1.807) is 13.8 Å². The minimum Gasteiger partial charge on any atom is -0.493 e. The summed E-state index contributed by atoms with van der Waals surface area (Å²) in [4.78, 5) is 6.71. The number of para-hydroxylation sites is 1. The Morgan fingerprint density at radius 2 is 2.08 bits per heavy atom. The summed E-state index contributed by atoms with van der Waals surface area (Å²) in [5.41, 5.74) is 1.13. The van der Waals surface area contributed by atoms with Gasteiger partial charge in [0.25, 0.3) is 0 Å². The van der Waals surface area contributed by atoms with Gasteiger partial charge in [0.2, 0.25) is 0 Å². The lowest BCUT2D eigenvalue weighted by molar-refractivity contribution is 0.310. The van der Waals surface area contributed by atoms with Gasteiger partial charge in [-0.25, -0.2) is 8.42 Å². The number of nitrogens with zero attached hydrogens (tertiary/aromatic N) is 2. The van der Waals surface area contributed by atoms with E-state index in [0.29, 0.717) is 26.2 Å². The van der Waals surface area contributed by atoms with Gasteiger partial charge in [-0.3, -0.25) is 4.99 Å². The fourth-order valence-electron chi connectivity index (χ4n) is 2.90. The number of hydrogen-bond acceptors (Lipinski definition) is 4. The molecular weight excluding hydrogens is 350 g/mol. The lowest BCUT2D eigenvalue weighted by Gasteiger charge is -2.39. The molecule has 7 heteroatoms. The highest BCUT2D eigenvalue weighted by Gasteiger charge is 2.40. The van der Waals surface area contributed by atoms with Crippen LogP contribution in [0.15, 0.2) is 29.3 Å². The van der Waals surface area contributed by atoms with Gasteiger partial charge >= 0.3 is 0 Å². The van der Waals surface area contributed by atoms with Crippen LogP contribution in [0.4, 0.5) is 0 Å². The van der Waals surface area contributed by atoms with E-state index in [0.717, 1.165) is 30.2 Å². The van der Waals surface area contributed by atoms with Gasteiger partial charge in [0.15, 0.2) is 15.8 Å². The van der Waals surface area contributed by atoms with Gasteiger partial charge in [0.1, 0.15) is 5.75 Å². The molecular formula is C19H31N3O3S. The molecule has 146 valence electrons. The largest absolute Gasteiger partial charge is 0.493 e. The SMILES string of the molecule is CCNC(=NCCCOc1ccccc1C)N1CCS(=O)(=O)C(C)(C)C1. The fourth-order valence-corrected chi connectivity index (χ4v) is 4.27. The van der Waals surface area contributed by atoms with E-state index in [-0.39, 0.29) is 5.75 Å². The average molecular weight is 382 g/mol. The molecule has 1 aliphatic rings. The van der Waals surface area contributed by atoms with E-state index in [2.05, 4.69) is 10.3 Å². The zero-order valence-corrected chi connectivity index (χ0v) is 17.1. The summed E-state index contributed by atoms with van der Waals surface area (Å²) in [6.07, 6.45) is 0.804. The second-order valence-electron chi connectivity index (χ2n) is 7.20. The minimum absolute atomic E-state index is 0.167. The van der Waals surface area contributed by atoms with Crippen molar-refractivity contribution < 1.29 is 13.2 Å². The summed E-state index contributed by atoms with van der Waals surface area (Å²) < 4.78 is 29.4. The van der Waals surface area contributed by atoms with Crippen LogP contribution < -0.4 is 10.1 Å². The first-order valence-electron chi connectivity index (χ1n) is 9.21. The van der Waals surface area contributed by atoms with Crippen molar-refractivity contribution in [1.29, 1.82) is 0 Å². The third kappa shape index (κ3) is 5.13. The van der Waals surface area contributed by atoms with Gasteiger partial charge in [-0.15, -0.1) is 0 Å². The van der Waals surface area contributed by atoms with E-state index in [9.17, 15) is 8.42 Å². The van der Waals surface area contributed by atoms with Crippen molar-refractivity contribution in [2.75, 3.05) is 38.5 Å². The van der Waals surface area contributed by atoms with Gasteiger partial charge in [-0.2, -0.15) is 0 Å². The maximum absolute atomic E-state index is 12.2. The second kappa shape index (κ2) is 8.75. The number of rotatable bonds is 6. The Labute approximate surface area is 157 Å². The molecule has 1 aliphatic heterocycles. The van der Waals surface area contributed by atoms with Crippen LogP contribution in [-0.2, 0) is 9.84 Å². The Balaban J connectivity index is 1.90. The molecule has 0 bridgehead atoms. The first kappa shape index (κ1) is 20.6. The first-order valence-corrected chi connectivity index (χ1v) is 10.9. The lowest BCUT2D eigenvalue weighted by atomic mass is 10.2. The van der Waals surface area contributed by atoms with Crippen molar-refractivity contribution >= 4 is 15.8 Å². The van der Waals surface area contributed by atoms with Crippen LogP contribution >= 0.6 is 0 Å². The molecule has 1 saturated heterocycles. The Kier molecular flexibility index (Phi) is 6.92. The van der Waals surface area contributed by atoms with Crippen LogP contribution in [0, 0.1) is 6.92 Å². The van der Waals surface area contributed by atoms with E-state index < -0.39 is 14.6 Å². The topological polar surface area (TPSA) is 71.0 Å². The predicted molar refractivity (Wildman–Crippen MR) is 107 cm³/mol. The number of benzene rings is 1. The van der Waals surface area contributed by atoms with E-state index >= 15 is 0 Å². The molecule has 2 rings (SSSR count). The Hall–Kier alpha value is -1.76. The van der Waals surface area contributed by atoms with Crippen molar-refractivity contribution in [2.24, 2.45) is 4.99 Å². The van der Waals surface area contributed by atoms with Gasteiger partial charge in [0.05, 0.1) is 17.1 Å². The summed E-state index contributed by atoms with van der Waals surface area (Å²) in [5.74, 6) is 1.86. The summed E-state index contributed by atoms with van der Waals surface area (Å²) in [7, 11) is -3.05. The van der Waals surface area contributed by atoms with Crippen LogP contribution in [0.3, 0.4) is 0 Å². The molecule has 0 aliphatic carbocycles. The molecule has 1 fully saturated rings. The number of aryl methyl sites for hydroxylation is 1. The molecule has 0 aromatic heterocycles. The molecule has 6 nitrogen and oxygen atoms in total. The Bertz CT molecular complexity index is 729. The molecule has 26 heavy (non-hydrogen) atoms. The van der Waals surface area contributed by atoms with Crippen LogP contribution in [-0.4, -0.2) is 62.6 Å². The summed E-state index contributed by atoms with van der Waals surface area (Å²) >= 11 is 0. The van der Waals surface area contributed by atoms with Gasteiger partial charge in [0, 0.05) is 32.6 Å². The number of hydrogen-bond donors (Lipinski definition) is 1. The van der Waals surface area contributed by atoms with Crippen molar-refractivity contribution in [2.45, 2.75) is 38.9 Å². The molecule has 0 saturated carbocycles. The average Bonchev–Trinajstić information content (AvgIpc) is 2.58. The fraction of sp³-hybridized carbons (Fsp3) is 0.632. The third-order valence-electron chi connectivity index (χ3n) is 4.59. The van der Waals surface area contributed by atoms with Crippen molar-refractivity contribution in [3.8, 4) is 5.75 Å². The molecule has 1 aromatic rings. The number of nitrogens with one attached hydrogen (secondary N) is 1. The van der Waals surface area contributed by atoms with E-state index in [1.165, 1.54) is 0 Å².